The highest BCUT2D eigenvalue weighted by Crippen LogP contribution is 2.33. The van der Waals surface area contributed by atoms with Crippen LogP contribution in [0.4, 0.5) is 0 Å². The van der Waals surface area contributed by atoms with Crippen molar-refractivity contribution in [2.75, 3.05) is 0 Å². The van der Waals surface area contributed by atoms with Crippen molar-refractivity contribution in [1.82, 2.24) is 39.3 Å². The number of imidazole rings is 1. The first-order valence-electron chi connectivity index (χ1n) is 7.80. The molecule has 0 N–H and O–H groups in total. The summed E-state index contributed by atoms with van der Waals surface area (Å²) in [5.74, 6) is 1.52. The fourth-order valence-electron chi connectivity index (χ4n) is 3.12. The van der Waals surface area contributed by atoms with Crippen molar-refractivity contribution in [2.24, 2.45) is 0 Å². The number of aromatic nitrogens is 8. The molecular weight excluding hydrogens is 384 g/mol. The largest absolute Gasteiger partial charge is 0.300 e. The summed E-state index contributed by atoms with van der Waals surface area (Å²) in [5.41, 5.74) is 4.16. The number of nitrogens with zero attached hydrogens (tertiary/aromatic N) is 8. The second-order valence-electron chi connectivity index (χ2n) is 5.88. The molecule has 0 fully saturated rings. The van der Waals surface area contributed by atoms with Crippen molar-refractivity contribution in [1.29, 1.82) is 0 Å². The second-order valence-corrected chi connectivity index (χ2v) is 6.79. The molecule has 4 aromatic rings. The molecule has 0 radical (unpaired) electrons. The molecule has 1 aromatic carbocycles. The van der Waals surface area contributed by atoms with Gasteiger partial charge in [0.1, 0.15) is 6.54 Å². The molecule has 3 aromatic heterocycles. The molecule has 1 aliphatic heterocycles. The van der Waals surface area contributed by atoms with Crippen LogP contribution in [0.25, 0.3) is 17.1 Å². The predicted molar refractivity (Wildman–Crippen MR) is 93.2 cm³/mol. The van der Waals surface area contributed by atoms with Gasteiger partial charge in [-0.15, -0.1) is 0 Å². The molecule has 0 amide bonds. The van der Waals surface area contributed by atoms with Gasteiger partial charge in [-0.25, -0.2) is 14.6 Å². The number of aryl methyl sites for hydroxylation is 1. The minimum absolute atomic E-state index is 0.439. The van der Waals surface area contributed by atoms with Crippen LogP contribution >= 0.6 is 15.9 Å². The molecule has 0 saturated carbocycles. The molecular formula is C16H13BrN8. The highest BCUT2D eigenvalue weighted by Gasteiger charge is 2.24. The molecule has 8 nitrogen and oxygen atoms in total. The number of rotatable bonds is 2. The fourth-order valence-corrected chi connectivity index (χ4v) is 3.48. The minimum Gasteiger partial charge on any atom is -0.300 e. The van der Waals surface area contributed by atoms with Gasteiger partial charge in [0.05, 0.1) is 42.3 Å². The fraction of sp³-hybridized carbons (Fsp3) is 0.188. The molecule has 5 rings (SSSR count). The summed E-state index contributed by atoms with van der Waals surface area (Å²) in [7, 11) is 0. The van der Waals surface area contributed by atoms with Gasteiger partial charge in [-0.05, 0) is 25.1 Å². The van der Waals surface area contributed by atoms with E-state index in [0.29, 0.717) is 18.9 Å². The average molecular weight is 397 g/mol. The van der Waals surface area contributed by atoms with Crippen LogP contribution in [-0.4, -0.2) is 39.3 Å². The molecule has 124 valence electrons. The van der Waals surface area contributed by atoms with Crippen molar-refractivity contribution >= 4 is 15.9 Å². The normalized spacial score (nSPS) is 12.4. The van der Waals surface area contributed by atoms with E-state index in [1.807, 2.05) is 24.0 Å². The Bertz CT molecular complexity index is 1080. The zero-order valence-electron chi connectivity index (χ0n) is 13.3. The lowest BCUT2D eigenvalue weighted by Gasteiger charge is -2.08. The second kappa shape index (κ2) is 5.35. The van der Waals surface area contributed by atoms with Crippen LogP contribution in [0.5, 0.6) is 0 Å². The lowest BCUT2D eigenvalue weighted by Crippen LogP contribution is -2.08. The van der Waals surface area contributed by atoms with Gasteiger partial charge in [0.2, 0.25) is 0 Å². The molecule has 4 heterocycles. The van der Waals surface area contributed by atoms with Gasteiger partial charge < -0.3 is 4.57 Å². The number of halogens is 1. The average Bonchev–Trinajstić information content (AvgIpc) is 3.30. The summed E-state index contributed by atoms with van der Waals surface area (Å²) in [6.45, 7) is 3.07. The molecule has 0 saturated heterocycles. The summed E-state index contributed by atoms with van der Waals surface area (Å²) < 4.78 is 5.04. The van der Waals surface area contributed by atoms with Crippen molar-refractivity contribution < 1.29 is 0 Å². The van der Waals surface area contributed by atoms with Crippen LogP contribution in [0.3, 0.4) is 0 Å². The summed E-state index contributed by atoms with van der Waals surface area (Å²) >= 11 is 3.56. The van der Waals surface area contributed by atoms with Crippen molar-refractivity contribution in [3.63, 3.8) is 0 Å². The smallest absolute Gasteiger partial charge is 0.174 e. The van der Waals surface area contributed by atoms with E-state index in [2.05, 4.69) is 52.9 Å². The van der Waals surface area contributed by atoms with E-state index in [0.717, 1.165) is 32.9 Å². The van der Waals surface area contributed by atoms with Gasteiger partial charge in [-0.2, -0.15) is 20.1 Å². The van der Waals surface area contributed by atoms with Crippen LogP contribution in [0.15, 0.2) is 41.4 Å². The Labute approximate surface area is 151 Å². The van der Waals surface area contributed by atoms with Gasteiger partial charge in [0, 0.05) is 10.0 Å². The first-order chi connectivity index (χ1) is 12.2. The first kappa shape index (κ1) is 14.5. The third-order valence-electron chi connectivity index (χ3n) is 4.30. The molecule has 0 bridgehead atoms. The zero-order chi connectivity index (χ0) is 17.0. The number of fused-ring (bicyclic) bond motifs is 5. The van der Waals surface area contributed by atoms with Crippen LogP contribution < -0.4 is 0 Å². The quantitative estimate of drug-likeness (QED) is 0.456. The van der Waals surface area contributed by atoms with Gasteiger partial charge in [-0.3, -0.25) is 0 Å². The molecule has 0 aliphatic carbocycles. The van der Waals surface area contributed by atoms with Crippen LogP contribution in [0.1, 0.15) is 17.2 Å². The Hall–Kier alpha value is -2.81. The van der Waals surface area contributed by atoms with Crippen molar-refractivity contribution in [3.05, 3.63) is 58.6 Å². The van der Waals surface area contributed by atoms with Gasteiger partial charge >= 0.3 is 0 Å². The van der Waals surface area contributed by atoms with Gasteiger partial charge in [-0.1, -0.05) is 15.9 Å². The maximum absolute atomic E-state index is 4.76. The summed E-state index contributed by atoms with van der Waals surface area (Å²) in [6.07, 6.45) is 5.16. The topological polar surface area (TPSA) is 79.2 Å². The monoisotopic (exact) mass is 396 g/mol. The molecule has 0 atom stereocenters. The van der Waals surface area contributed by atoms with Gasteiger partial charge in [0.15, 0.2) is 11.6 Å². The zero-order valence-corrected chi connectivity index (χ0v) is 14.9. The molecule has 0 spiro atoms. The van der Waals surface area contributed by atoms with E-state index < -0.39 is 0 Å². The van der Waals surface area contributed by atoms with E-state index in [4.69, 9.17) is 4.98 Å². The van der Waals surface area contributed by atoms with E-state index in [-0.39, 0.29) is 0 Å². The van der Waals surface area contributed by atoms with E-state index >= 15 is 0 Å². The lowest BCUT2D eigenvalue weighted by molar-refractivity contribution is 0.561. The molecule has 25 heavy (non-hydrogen) atoms. The summed E-state index contributed by atoms with van der Waals surface area (Å²) in [6, 6.07) is 6.16. The Balaban J connectivity index is 1.70. The Morgan fingerprint density at radius 1 is 1.20 bits per heavy atom. The maximum atomic E-state index is 4.76. The van der Waals surface area contributed by atoms with Crippen molar-refractivity contribution in [3.8, 4) is 17.1 Å². The third kappa shape index (κ3) is 2.30. The molecule has 9 heteroatoms. The highest BCUT2D eigenvalue weighted by molar-refractivity contribution is 9.10. The maximum Gasteiger partial charge on any atom is 0.174 e. The first-order valence-corrected chi connectivity index (χ1v) is 8.59. The van der Waals surface area contributed by atoms with Gasteiger partial charge in [0.25, 0.3) is 0 Å². The van der Waals surface area contributed by atoms with Crippen LogP contribution in [0, 0.1) is 6.92 Å². The highest BCUT2D eigenvalue weighted by atomic mass is 79.9. The summed E-state index contributed by atoms with van der Waals surface area (Å²) in [4.78, 5) is 10.8. The number of hydrogen-bond acceptors (Lipinski definition) is 5. The predicted octanol–water partition coefficient (Wildman–Crippen LogP) is 2.20. The standard InChI is InChI=1S/C16H13BrN8/c1-10-14-7-24-16(21-15(22-24)8-25-19-4-5-20-25)12-6-11(17)2-3-13(12)23(14)9-18-10/h2-6,9H,7-8H2,1H3. The number of benzene rings is 1. The lowest BCUT2D eigenvalue weighted by atomic mass is 10.1. The van der Waals surface area contributed by atoms with E-state index in [9.17, 15) is 0 Å². The molecule has 0 unspecified atom stereocenters. The Morgan fingerprint density at radius 3 is 2.88 bits per heavy atom. The summed E-state index contributed by atoms with van der Waals surface area (Å²) in [5, 5.41) is 12.9. The van der Waals surface area contributed by atoms with E-state index in [1.54, 1.807) is 17.2 Å². The third-order valence-corrected chi connectivity index (χ3v) is 4.79. The van der Waals surface area contributed by atoms with E-state index in [1.165, 1.54) is 0 Å². The minimum atomic E-state index is 0.439. The van der Waals surface area contributed by atoms with Crippen LogP contribution in [-0.2, 0) is 13.1 Å². The number of hydrogen-bond donors (Lipinski definition) is 0. The SMILES string of the molecule is Cc1ncn2c1Cn1nc(Cn3nccn3)nc1-c1cc(Br)ccc1-2. The van der Waals surface area contributed by atoms with Crippen molar-refractivity contribution in [2.45, 2.75) is 20.0 Å². The van der Waals surface area contributed by atoms with Crippen LogP contribution in [0.2, 0.25) is 0 Å². The Kier molecular flexibility index (Phi) is 3.11. The molecule has 1 aliphatic rings. The Morgan fingerprint density at radius 2 is 2.04 bits per heavy atom.